The number of ether oxygens (including phenoxy) is 1. The van der Waals surface area contributed by atoms with Gasteiger partial charge in [-0.25, -0.2) is 4.39 Å². The molecule has 4 rings (SSSR count). The van der Waals surface area contributed by atoms with Crippen LogP contribution in [0.1, 0.15) is 46.9 Å². The Morgan fingerprint density at radius 2 is 2.07 bits per heavy atom. The van der Waals surface area contributed by atoms with Crippen molar-refractivity contribution in [1.82, 2.24) is 15.5 Å². The molecule has 2 aromatic carbocycles. The maximum absolute atomic E-state index is 13.5. The first-order valence-electron chi connectivity index (χ1n) is 9.60. The third-order valence-electron chi connectivity index (χ3n) is 5.15. The van der Waals surface area contributed by atoms with Crippen LogP contribution in [-0.2, 0) is 13.0 Å². The SMILES string of the molecule is Cc1nc(COc2cccc(C(=O)NC3(Cc4cccc(F)c4)CCC3)c2)no1. The summed E-state index contributed by atoms with van der Waals surface area (Å²) in [5, 5.41) is 6.95. The summed E-state index contributed by atoms with van der Waals surface area (Å²) in [6, 6.07) is 13.5. The van der Waals surface area contributed by atoms with Crippen LogP contribution in [0.5, 0.6) is 5.75 Å². The minimum Gasteiger partial charge on any atom is -0.485 e. The number of nitrogens with one attached hydrogen (secondary N) is 1. The van der Waals surface area contributed by atoms with Crippen molar-refractivity contribution in [2.45, 2.75) is 44.8 Å². The molecule has 1 amide bonds. The molecule has 0 bridgehead atoms. The number of nitrogens with zero attached hydrogens (tertiary/aromatic N) is 2. The molecule has 0 spiro atoms. The Labute approximate surface area is 168 Å². The number of halogens is 1. The Bertz CT molecular complexity index is 1010. The van der Waals surface area contributed by atoms with E-state index in [1.165, 1.54) is 12.1 Å². The quantitative estimate of drug-likeness (QED) is 0.655. The molecular weight excluding hydrogens is 373 g/mol. The summed E-state index contributed by atoms with van der Waals surface area (Å²) in [6.45, 7) is 1.87. The zero-order valence-corrected chi connectivity index (χ0v) is 16.2. The molecule has 0 radical (unpaired) electrons. The number of benzene rings is 2. The first-order chi connectivity index (χ1) is 14.0. The lowest BCUT2D eigenvalue weighted by Crippen LogP contribution is -2.55. The molecule has 1 N–H and O–H groups in total. The normalized spacial score (nSPS) is 14.8. The molecule has 0 unspecified atom stereocenters. The van der Waals surface area contributed by atoms with Gasteiger partial charge in [0.15, 0.2) is 6.61 Å². The van der Waals surface area contributed by atoms with Gasteiger partial charge in [-0.2, -0.15) is 4.98 Å². The molecule has 1 heterocycles. The summed E-state index contributed by atoms with van der Waals surface area (Å²) in [4.78, 5) is 16.9. The van der Waals surface area contributed by atoms with Crippen LogP contribution >= 0.6 is 0 Å². The molecule has 7 heteroatoms. The van der Waals surface area contributed by atoms with Gasteiger partial charge in [-0.1, -0.05) is 23.4 Å². The van der Waals surface area contributed by atoms with Gasteiger partial charge in [-0.15, -0.1) is 0 Å². The lowest BCUT2D eigenvalue weighted by molar-refractivity contribution is 0.0826. The van der Waals surface area contributed by atoms with Crippen molar-refractivity contribution in [3.63, 3.8) is 0 Å². The Balaban J connectivity index is 1.42. The molecule has 3 aromatic rings. The van der Waals surface area contributed by atoms with E-state index in [4.69, 9.17) is 9.26 Å². The van der Waals surface area contributed by atoms with Crippen molar-refractivity contribution < 1.29 is 18.4 Å². The predicted molar refractivity (Wildman–Crippen MR) is 104 cm³/mol. The number of aromatic nitrogens is 2. The van der Waals surface area contributed by atoms with Crippen molar-refractivity contribution >= 4 is 5.91 Å². The van der Waals surface area contributed by atoms with E-state index in [-0.39, 0.29) is 23.9 Å². The topological polar surface area (TPSA) is 77.2 Å². The largest absolute Gasteiger partial charge is 0.485 e. The van der Waals surface area contributed by atoms with Crippen molar-refractivity contribution in [2.75, 3.05) is 0 Å². The molecule has 0 aliphatic heterocycles. The van der Waals surface area contributed by atoms with Crippen LogP contribution in [0.15, 0.2) is 53.1 Å². The summed E-state index contributed by atoms with van der Waals surface area (Å²) in [5.74, 6) is 1.04. The van der Waals surface area contributed by atoms with E-state index in [9.17, 15) is 9.18 Å². The van der Waals surface area contributed by atoms with Crippen molar-refractivity contribution in [2.24, 2.45) is 0 Å². The molecule has 150 valence electrons. The van der Waals surface area contributed by atoms with E-state index < -0.39 is 0 Å². The average Bonchev–Trinajstić information content (AvgIpc) is 3.10. The van der Waals surface area contributed by atoms with Crippen LogP contribution in [0, 0.1) is 12.7 Å². The van der Waals surface area contributed by atoms with Gasteiger partial charge >= 0.3 is 0 Å². The second-order valence-electron chi connectivity index (χ2n) is 7.44. The maximum atomic E-state index is 13.5. The third-order valence-corrected chi connectivity index (χ3v) is 5.15. The summed E-state index contributed by atoms with van der Waals surface area (Å²) in [5.41, 5.74) is 1.07. The fourth-order valence-corrected chi connectivity index (χ4v) is 3.58. The minimum atomic E-state index is -0.329. The summed E-state index contributed by atoms with van der Waals surface area (Å²) in [7, 11) is 0. The van der Waals surface area contributed by atoms with E-state index in [2.05, 4.69) is 15.5 Å². The van der Waals surface area contributed by atoms with Gasteiger partial charge in [0.25, 0.3) is 5.91 Å². The molecule has 1 fully saturated rings. The predicted octanol–water partition coefficient (Wildman–Crippen LogP) is 3.99. The Morgan fingerprint density at radius 1 is 1.24 bits per heavy atom. The van der Waals surface area contributed by atoms with E-state index in [1.54, 1.807) is 37.3 Å². The highest BCUT2D eigenvalue weighted by molar-refractivity contribution is 5.95. The first kappa shape index (κ1) is 19.1. The molecule has 29 heavy (non-hydrogen) atoms. The van der Waals surface area contributed by atoms with Gasteiger partial charge in [0.05, 0.1) is 0 Å². The van der Waals surface area contributed by atoms with Gasteiger partial charge in [0.1, 0.15) is 11.6 Å². The van der Waals surface area contributed by atoms with Gasteiger partial charge in [0.2, 0.25) is 11.7 Å². The average molecular weight is 395 g/mol. The highest BCUT2D eigenvalue weighted by atomic mass is 19.1. The highest BCUT2D eigenvalue weighted by Gasteiger charge is 2.38. The van der Waals surface area contributed by atoms with Crippen LogP contribution < -0.4 is 10.1 Å². The lowest BCUT2D eigenvalue weighted by Gasteiger charge is -2.43. The number of carbonyl (C=O) groups excluding carboxylic acids is 1. The standard InChI is InChI=1S/C22H22FN3O3/c1-15-24-20(26-29-15)14-28-19-8-3-6-17(12-19)21(27)25-22(9-4-10-22)13-16-5-2-7-18(23)11-16/h2-3,5-8,11-12H,4,9-10,13-14H2,1H3,(H,25,27). The lowest BCUT2D eigenvalue weighted by atomic mass is 9.72. The molecule has 1 saturated carbocycles. The fraction of sp³-hybridized carbons (Fsp3) is 0.318. The molecule has 0 saturated heterocycles. The van der Waals surface area contributed by atoms with Crippen LogP contribution in [0.2, 0.25) is 0 Å². The van der Waals surface area contributed by atoms with Crippen LogP contribution in [0.4, 0.5) is 4.39 Å². The molecule has 1 aromatic heterocycles. The second kappa shape index (κ2) is 8.03. The number of rotatable bonds is 7. The van der Waals surface area contributed by atoms with Gasteiger partial charge in [-0.05, 0) is 61.6 Å². The molecule has 1 aliphatic carbocycles. The summed E-state index contributed by atoms with van der Waals surface area (Å²) in [6.07, 6.45) is 3.41. The molecule has 6 nitrogen and oxygen atoms in total. The van der Waals surface area contributed by atoms with Crippen LogP contribution in [-0.4, -0.2) is 21.6 Å². The van der Waals surface area contributed by atoms with Crippen molar-refractivity contribution in [3.8, 4) is 5.75 Å². The zero-order chi connectivity index (χ0) is 20.3. The zero-order valence-electron chi connectivity index (χ0n) is 16.2. The molecule has 0 atom stereocenters. The number of hydrogen-bond donors (Lipinski definition) is 1. The van der Waals surface area contributed by atoms with Gasteiger partial charge in [0, 0.05) is 18.0 Å². The van der Waals surface area contributed by atoms with E-state index in [0.29, 0.717) is 29.4 Å². The Hall–Kier alpha value is -3.22. The van der Waals surface area contributed by atoms with Crippen LogP contribution in [0.25, 0.3) is 0 Å². The first-order valence-corrected chi connectivity index (χ1v) is 9.60. The second-order valence-corrected chi connectivity index (χ2v) is 7.44. The van der Waals surface area contributed by atoms with E-state index in [1.807, 2.05) is 6.07 Å². The smallest absolute Gasteiger partial charge is 0.251 e. The monoisotopic (exact) mass is 395 g/mol. The number of carbonyl (C=O) groups is 1. The highest BCUT2D eigenvalue weighted by Crippen LogP contribution is 2.35. The number of hydrogen-bond acceptors (Lipinski definition) is 5. The molecule has 1 aliphatic rings. The number of amides is 1. The van der Waals surface area contributed by atoms with E-state index in [0.717, 1.165) is 24.8 Å². The van der Waals surface area contributed by atoms with Crippen LogP contribution in [0.3, 0.4) is 0 Å². The minimum absolute atomic E-state index is 0.159. The van der Waals surface area contributed by atoms with Gasteiger partial charge < -0.3 is 14.6 Å². The fourth-order valence-electron chi connectivity index (χ4n) is 3.58. The van der Waals surface area contributed by atoms with E-state index >= 15 is 0 Å². The summed E-state index contributed by atoms with van der Waals surface area (Å²) < 4.78 is 24.1. The third kappa shape index (κ3) is 4.62. The maximum Gasteiger partial charge on any atom is 0.251 e. The van der Waals surface area contributed by atoms with Gasteiger partial charge in [-0.3, -0.25) is 4.79 Å². The molecular formula is C22H22FN3O3. The van der Waals surface area contributed by atoms with Crippen molar-refractivity contribution in [1.29, 1.82) is 0 Å². The Morgan fingerprint density at radius 3 is 2.76 bits per heavy atom. The Kier molecular flexibility index (Phi) is 5.29. The summed E-state index contributed by atoms with van der Waals surface area (Å²) >= 11 is 0. The number of aryl methyl sites for hydroxylation is 1. The van der Waals surface area contributed by atoms with Crippen molar-refractivity contribution in [3.05, 3.63) is 77.2 Å².